The second-order valence-electron chi connectivity index (χ2n) is 7.24. The van der Waals surface area contributed by atoms with E-state index in [0.717, 1.165) is 17.5 Å². The van der Waals surface area contributed by atoms with Crippen molar-refractivity contribution in [2.45, 2.75) is 44.0 Å². The number of hydrogen-bond donors (Lipinski definition) is 2. The number of thioether (sulfide) groups is 1. The van der Waals surface area contributed by atoms with Crippen LogP contribution in [0, 0.1) is 12.8 Å². The van der Waals surface area contributed by atoms with Crippen LogP contribution in [0.4, 0.5) is 0 Å². The highest BCUT2D eigenvalue weighted by atomic mass is 32.2. The Morgan fingerprint density at radius 2 is 2.23 bits per heavy atom. The van der Waals surface area contributed by atoms with Crippen LogP contribution >= 0.6 is 11.8 Å². The van der Waals surface area contributed by atoms with Crippen molar-refractivity contribution < 1.29 is 19.5 Å². The molecule has 3 atom stereocenters. The molecule has 0 aliphatic carbocycles. The number of aryl methyl sites for hydroxylation is 1. The smallest absolute Gasteiger partial charge is 0.308 e. The zero-order valence-corrected chi connectivity index (χ0v) is 15.8. The third-order valence-corrected chi connectivity index (χ3v) is 6.69. The van der Waals surface area contributed by atoms with Gasteiger partial charge < -0.3 is 15.3 Å². The Labute approximate surface area is 157 Å². The van der Waals surface area contributed by atoms with Crippen LogP contribution in [0.5, 0.6) is 0 Å². The minimum absolute atomic E-state index is 0.00666. The SMILES string of the molecule is Cc1cccc(CC(CNC(=O)C2CSC3(C)CCC(=O)N23)C(=O)O)c1. The number of nitrogens with one attached hydrogen (secondary N) is 1. The molecule has 3 rings (SSSR count). The Kier molecular flexibility index (Phi) is 5.27. The normalized spacial score (nSPS) is 25.8. The van der Waals surface area contributed by atoms with E-state index >= 15 is 0 Å². The molecule has 2 heterocycles. The molecule has 2 amide bonds. The summed E-state index contributed by atoms with van der Waals surface area (Å²) >= 11 is 1.63. The van der Waals surface area contributed by atoms with Crippen molar-refractivity contribution in [2.75, 3.05) is 12.3 Å². The first kappa shape index (κ1) is 18.8. The summed E-state index contributed by atoms with van der Waals surface area (Å²) in [6.45, 7) is 4.01. The van der Waals surface area contributed by atoms with Crippen molar-refractivity contribution in [2.24, 2.45) is 5.92 Å². The minimum Gasteiger partial charge on any atom is -0.481 e. The lowest BCUT2D eigenvalue weighted by Gasteiger charge is -2.30. The maximum absolute atomic E-state index is 12.6. The van der Waals surface area contributed by atoms with Gasteiger partial charge in [-0.3, -0.25) is 14.4 Å². The molecule has 0 aromatic heterocycles. The molecule has 0 bridgehead atoms. The Morgan fingerprint density at radius 1 is 1.46 bits per heavy atom. The number of carbonyl (C=O) groups excluding carboxylic acids is 2. The van der Waals surface area contributed by atoms with Crippen LogP contribution in [0.15, 0.2) is 24.3 Å². The summed E-state index contributed by atoms with van der Waals surface area (Å²) in [6, 6.07) is 7.21. The van der Waals surface area contributed by atoms with Crippen molar-refractivity contribution in [3.8, 4) is 0 Å². The Morgan fingerprint density at radius 3 is 2.92 bits per heavy atom. The Balaban J connectivity index is 1.61. The summed E-state index contributed by atoms with van der Waals surface area (Å²) in [5.74, 6) is -1.33. The fourth-order valence-corrected chi connectivity index (χ4v) is 5.16. The second kappa shape index (κ2) is 7.31. The minimum atomic E-state index is -0.935. The van der Waals surface area contributed by atoms with Crippen molar-refractivity contribution >= 4 is 29.5 Å². The van der Waals surface area contributed by atoms with Crippen LogP contribution in [0.1, 0.15) is 30.9 Å². The average Bonchev–Trinajstić information content (AvgIpc) is 3.07. The second-order valence-corrected chi connectivity index (χ2v) is 8.74. The molecule has 3 unspecified atom stereocenters. The predicted molar refractivity (Wildman–Crippen MR) is 99.7 cm³/mol. The number of amides is 2. The average molecular weight is 376 g/mol. The molecule has 6 nitrogen and oxygen atoms in total. The lowest BCUT2D eigenvalue weighted by atomic mass is 9.98. The molecule has 2 aliphatic heterocycles. The lowest BCUT2D eigenvalue weighted by molar-refractivity contribution is -0.142. The molecule has 2 saturated heterocycles. The topological polar surface area (TPSA) is 86.7 Å². The monoisotopic (exact) mass is 376 g/mol. The molecule has 0 saturated carbocycles. The van der Waals surface area contributed by atoms with Gasteiger partial charge in [-0.15, -0.1) is 11.8 Å². The van der Waals surface area contributed by atoms with E-state index in [4.69, 9.17) is 0 Å². The molecule has 7 heteroatoms. The van der Waals surface area contributed by atoms with E-state index in [1.807, 2.05) is 38.1 Å². The lowest BCUT2D eigenvalue weighted by Crippen LogP contribution is -2.51. The van der Waals surface area contributed by atoms with Crippen LogP contribution < -0.4 is 5.32 Å². The molecule has 0 radical (unpaired) electrons. The maximum atomic E-state index is 12.6. The van der Waals surface area contributed by atoms with E-state index in [9.17, 15) is 19.5 Å². The molecule has 2 N–H and O–H groups in total. The van der Waals surface area contributed by atoms with Crippen molar-refractivity contribution in [3.63, 3.8) is 0 Å². The number of hydrogen-bond acceptors (Lipinski definition) is 4. The van der Waals surface area contributed by atoms with Crippen molar-refractivity contribution in [1.29, 1.82) is 0 Å². The first-order chi connectivity index (χ1) is 12.3. The molecule has 1 aromatic carbocycles. The van der Waals surface area contributed by atoms with Gasteiger partial charge in [0.2, 0.25) is 11.8 Å². The van der Waals surface area contributed by atoms with Gasteiger partial charge >= 0.3 is 5.97 Å². The first-order valence-electron chi connectivity index (χ1n) is 8.82. The van der Waals surface area contributed by atoms with E-state index in [2.05, 4.69) is 5.32 Å². The van der Waals surface area contributed by atoms with Gasteiger partial charge in [-0.05, 0) is 32.3 Å². The van der Waals surface area contributed by atoms with Crippen LogP contribution in [0.25, 0.3) is 0 Å². The van der Waals surface area contributed by atoms with Gasteiger partial charge in [0.15, 0.2) is 0 Å². The highest BCUT2D eigenvalue weighted by Crippen LogP contribution is 2.47. The molecule has 26 heavy (non-hydrogen) atoms. The first-order valence-corrected chi connectivity index (χ1v) is 9.81. The number of carboxylic acids is 1. The summed E-state index contributed by atoms with van der Waals surface area (Å²) in [5, 5.41) is 12.3. The molecule has 1 aromatic rings. The van der Waals surface area contributed by atoms with Gasteiger partial charge in [-0.25, -0.2) is 0 Å². The van der Waals surface area contributed by atoms with Crippen LogP contribution in [0.3, 0.4) is 0 Å². The van der Waals surface area contributed by atoms with Crippen LogP contribution in [0.2, 0.25) is 0 Å². The van der Waals surface area contributed by atoms with Gasteiger partial charge in [-0.1, -0.05) is 29.8 Å². The van der Waals surface area contributed by atoms with E-state index in [1.54, 1.807) is 16.7 Å². The number of nitrogens with zero attached hydrogens (tertiary/aromatic N) is 1. The maximum Gasteiger partial charge on any atom is 0.308 e. The summed E-state index contributed by atoms with van der Waals surface area (Å²) in [7, 11) is 0. The fourth-order valence-electron chi connectivity index (χ4n) is 3.73. The highest BCUT2D eigenvalue weighted by Gasteiger charge is 2.52. The molecule has 2 fully saturated rings. The zero-order valence-electron chi connectivity index (χ0n) is 15.0. The molecular formula is C19H24N2O4S. The van der Waals surface area contributed by atoms with Gasteiger partial charge in [-0.2, -0.15) is 0 Å². The Bertz CT molecular complexity index is 738. The van der Waals surface area contributed by atoms with Crippen molar-refractivity contribution in [3.05, 3.63) is 35.4 Å². The molecule has 0 spiro atoms. The summed E-state index contributed by atoms with van der Waals surface area (Å²) in [4.78, 5) is 37.7. The largest absolute Gasteiger partial charge is 0.481 e. The number of carboxylic acid groups (broad SMARTS) is 1. The zero-order chi connectivity index (χ0) is 18.9. The highest BCUT2D eigenvalue weighted by molar-refractivity contribution is 8.01. The fraction of sp³-hybridized carbons (Fsp3) is 0.526. The van der Waals surface area contributed by atoms with Crippen LogP contribution in [-0.2, 0) is 20.8 Å². The van der Waals surface area contributed by atoms with Gasteiger partial charge in [0.05, 0.1) is 10.8 Å². The van der Waals surface area contributed by atoms with Gasteiger partial charge in [0, 0.05) is 18.7 Å². The van der Waals surface area contributed by atoms with Crippen LogP contribution in [-0.4, -0.2) is 51.0 Å². The molecular weight excluding hydrogens is 352 g/mol. The Hall–Kier alpha value is -2.02. The standard InChI is InChI=1S/C19H24N2O4S/c1-12-4-3-5-13(8-12)9-14(18(24)25)10-20-17(23)15-11-26-19(2)7-6-16(22)21(15)19/h3-5,8,14-15H,6-7,9-11H2,1-2H3,(H,20,23)(H,24,25). The summed E-state index contributed by atoms with van der Waals surface area (Å²) in [6.07, 6.45) is 1.58. The number of fused-ring (bicyclic) bond motifs is 1. The third-order valence-electron chi connectivity index (χ3n) is 5.18. The van der Waals surface area contributed by atoms with E-state index in [1.165, 1.54) is 0 Å². The third kappa shape index (κ3) is 3.72. The van der Waals surface area contributed by atoms with Gasteiger partial charge in [0.25, 0.3) is 0 Å². The number of rotatable bonds is 6. The number of carbonyl (C=O) groups is 3. The van der Waals surface area contributed by atoms with Crippen molar-refractivity contribution in [1.82, 2.24) is 10.2 Å². The van der Waals surface area contributed by atoms with E-state index < -0.39 is 17.9 Å². The van der Waals surface area contributed by atoms with E-state index in [-0.39, 0.29) is 23.2 Å². The molecule has 140 valence electrons. The summed E-state index contributed by atoms with van der Waals surface area (Å²) < 4.78 is 0. The van der Waals surface area contributed by atoms with Gasteiger partial charge in [0.1, 0.15) is 6.04 Å². The summed E-state index contributed by atoms with van der Waals surface area (Å²) in [5.41, 5.74) is 2.01. The van der Waals surface area contributed by atoms with E-state index in [0.29, 0.717) is 18.6 Å². The predicted octanol–water partition coefficient (Wildman–Crippen LogP) is 1.81. The molecule has 2 aliphatic rings. The number of aliphatic carboxylic acids is 1. The number of benzene rings is 1. The quantitative estimate of drug-likeness (QED) is 0.791.